The van der Waals surface area contributed by atoms with Crippen molar-refractivity contribution in [3.05, 3.63) is 106 Å². The zero-order chi connectivity index (χ0) is 20.4. The van der Waals surface area contributed by atoms with Crippen molar-refractivity contribution in [1.29, 1.82) is 0 Å². The molecule has 0 aromatic heterocycles. The Hall–Kier alpha value is -3.37. The lowest BCUT2D eigenvalue weighted by atomic mass is 10.0. The molecule has 144 valence electrons. The molecule has 3 aromatic rings. The molecular formula is C24H19ClN2O2. The van der Waals surface area contributed by atoms with Gasteiger partial charge in [0.25, 0.3) is 11.8 Å². The van der Waals surface area contributed by atoms with Crippen LogP contribution in [0.1, 0.15) is 16.7 Å². The standard InChI is InChI=1S/C24H19ClN2O2/c1-16-7-9-17(10-8-16)15-27-23(28)21(18-11-13-19(25)14-12-18)22(24(27)29)26-20-5-3-2-4-6-20/h2-14,26H,15H2,1H3. The minimum absolute atomic E-state index is 0.217. The van der Waals surface area contributed by atoms with E-state index in [1.807, 2.05) is 61.5 Å². The SMILES string of the molecule is Cc1ccc(CN2C(=O)C(Nc3ccccc3)=C(c3ccc(Cl)cc3)C2=O)cc1. The molecular weight excluding hydrogens is 384 g/mol. The largest absolute Gasteiger partial charge is 0.350 e. The van der Waals surface area contributed by atoms with Gasteiger partial charge in [-0.2, -0.15) is 0 Å². The van der Waals surface area contributed by atoms with Gasteiger partial charge in [0.15, 0.2) is 0 Å². The van der Waals surface area contributed by atoms with E-state index in [0.29, 0.717) is 16.2 Å². The second-order valence-corrected chi connectivity index (χ2v) is 7.37. The first-order chi connectivity index (χ1) is 14.0. The summed E-state index contributed by atoms with van der Waals surface area (Å²) in [6.07, 6.45) is 0. The molecule has 0 radical (unpaired) electrons. The summed E-state index contributed by atoms with van der Waals surface area (Å²) >= 11 is 6.00. The van der Waals surface area contributed by atoms with E-state index < -0.39 is 0 Å². The lowest BCUT2D eigenvalue weighted by Crippen LogP contribution is -2.32. The summed E-state index contributed by atoms with van der Waals surface area (Å²) in [6, 6.07) is 24.1. The molecule has 0 aliphatic carbocycles. The van der Waals surface area contributed by atoms with Crippen molar-refractivity contribution in [2.45, 2.75) is 13.5 Å². The van der Waals surface area contributed by atoms with Crippen LogP contribution < -0.4 is 5.32 Å². The van der Waals surface area contributed by atoms with Crippen LogP contribution in [0, 0.1) is 6.92 Å². The Kier molecular flexibility index (Phi) is 5.19. The maximum atomic E-state index is 13.2. The smallest absolute Gasteiger partial charge is 0.278 e. The number of amides is 2. The highest BCUT2D eigenvalue weighted by molar-refractivity contribution is 6.36. The van der Waals surface area contributed by atoms with E-state index in [9.17, 15) is 9.59 Å². The minimum atomic E-state index is -0.343. The highest BCUT2D eigenvalue weighted by Gasteiger charge is 2.39. The van der Waals surface area contributed by atoms with Crippen LogP contribution in [0.4, 0.5) is 5.69 Å². The number of rotatable bonds is 5. The van der Waals surface area contributed by atoms with Gasteiger partial charge >= 0.3 is 0 Å². The zero-order valence-electron chi connectivity index (χ0n) is 15.9. The fourth-order valence-corrected chi connectivity index (χ4v) is 3.39. The number of hydrogen-bond donors (Lipinski definition) is 1. The van der Waals surface area contributed by atoms with Crippen LogP contribution in [0.2, 0.25) is 5.02 Å². The van der Waals surface area contributed by atoms with Gasteiger partial charge < -0.3 is 5.32 Å². The van der Waals surface area contributed by atoms with Gasteiger partial charge in [0, 0.05) is 10.7 Å². The average Bonchev–Trinajstić information content (AvgIpc) is 2.95. The molecule has 4 nitrogen and oxygen atoms in total. The number of nitrogens with zero attached hydrogens (tertiary/aromatic N) is 1. The minimum Gasteiger partial charge on any atom is -0.350 e. The first-order valence-corrected chi connectivity index (χ1v) is 9.65. The second-order valence-electron chi connectivity index (χ2n) is 6.93. The molecule has 1 heterocycles. The predicted molar refractivity (Wildman–Crippen MR) is 115 cm³/mol. The molecule has 4 rings (SSSR count). The Bertz CT molecular complexity index is 1090. The molecule has 0 atom stereocenters. The average molecular weight is 403 g/mol. The van der Waals surface area contributed by atoms with Crippen LogP contribution in [0.25, 0.3) is 5.57 Å². The maximum Gasteiger partial charge on any atom is 0.278 e. The van der Waals surface area contributed by atoms with Crippen LogP contribution in [0.15, 0.2) is 84.6 Å². The topological polar surface area (TPSA) is 49.4 Å². The van der Waals surface area contributed by atoms with Gasteiger partial charge in [-0.15, -0.1) is 0 Å². The third-order valence-corrected chi connectivity index (χ3v) is 5.06. The summed E-state index contributed by atoms with van der Waals surface area (Å²) in [7, 11) is 0. The molecule has 0 bridgehead atoms. The quantitative estimate of drug-likeness (QED) is 0.608. The Labute approximate surface area is 174 Å². The maximum absolute atomic E-state index is 13.2. The van der Waals surface area contributed by atoms with E-state index in [1.165, 1.54) is 4.90 Å². The lowest BCUT2D eigenvalue weighted by molar-refractivity contribution is -0.137. The molecule has 0 unspecified atom stereocenters. The summed E-state index contributed by atoms with van der Waals surface area (Å²) in [6.45, 7) is 2.22. The van der Waals surface area contributed by atoms with Crippen molar-refractivity contribution in [2.75, 3.05) is 5.32 Å². The third kappa shape index (κ3) is 3.93. The van der Waals surface area contributed by atoms with E-state index in [2.05, 4.69) is 5.32 Å². The first-order valence-electron chi connectivity index (χ1n) is 9.27. The summed E-state index contributed by atoms with van der Waals surface area (Å²) in [4.78, 5) is 27.7. The Morgan fingerprint density at radius 1 is 0.828 bits per heavy atom. The van der Waals surface area contributed by atoms with E-state index in [1.54, 1.807) is 24.3 Å². The molecule has 29 heavy (non-hydrogen) atoms. The lowest BCUT2D eigenvalue weighted by Gasteiger charge is -2.15. The van der Waals surface area contributed by atoms with Crippen molar-refractivity contribution in [3.8, 4) is 0 Å². The van der Waals surface area contributed by atoms with Gasteiger partial charge in [0.05, 0.1) is 12.1 Å². The van der Waals surface area contributed by atoms with Crippen LogP contribution >= 0.6 is 11.6 Å². The number of nitrogens with one attached hydrogen (secondary N) is 1. The Balaban J connectivity index is 1.72. The van der Waals surface area contributed by atoms with Crippen LogP contribution in [-0.2, 0) is 16.1 Å². The third-order valence-electron chi connectivity index (χ3n) is 4.81. The van der Waals surface area contributed by atoms with E-state index in [-0.39, 0.29) is 24.1 Å². The number of benzene rings is 3. The molecule has 0 saturated carbocycles. The van der Waals surface area contributed by atoms with Gasteiger partial charge in [0.1, 0.15) is 5.70 Å². The summed E-state index contributed by atoms with van der Waals surface area (Å²) < 4.78 is 0. The van der Waals surface area contributed by atoms with Crippen LogP contribution in [0.3, 0.4) is 0 Å². The number of carbonyl (C=O) groups excluding carboxylic acids is 2. The molecule has 1 aliphatic rings. The highest BCUT2D eigenvalue weighted by atomic mass is 35.5. The van der Waals surface area contributed by atoms with E-state index in [4.69, 9.17) is 11.6 Å². The number of aryl methyl sites for hydroxylation is 1. The number of hydrogen-bond acceptors (Lipinski definition) is 3. The molecule has 0 fully saturated rings. The summed E-state index contributed by atoms with van der Waals surface area (Å²) in [5.74, 6) is -0.666. The number of imide groups is 1. The van der Waals surface area contributed by atoms with Crippen molar-refractivity contribution in [3.63, 3.8) is 0 Å². The van der Waals surface area contributed by atoms with Crippen molar-refractivity contribution in [1.82, 2.24) is 4.90 Å². The molecule has 0 saturated heterocycles. The van der Waals surface area contributed by atoms with Crippen molar-refractivity contribution in [2.24, 2.45) is 0 Å². The monoisotopic (exact) mass is 402 g/mol. The van der Waals surface area contributed by atoms with Gasteiger partial charge in [0.2, 0.25) is 0 Å². The Morgan fingerprint density at radius 2 is 1.48 bits per heavy atom. The second kappa shape index (κ2) is 7.94. The number of halogens is 1. The summed E-state index contributed by atoms with van der Waals surface area (Å²) in [5.41, 5.74) is 4.04. The van der Waals surface area contributed by atoms with E-state index >= 15 is 0 Å². The molecule has 2 amide bonds. The summed E-state index contributed by atoms with van der Waals surface area (Å²) in [5, 5.41) is 3.71. The molecule has 3 aromatic carbocycles. The van der Waals surface area contributed by atoms with Crippen molar-refractivity contribution < 1.29 is 9.59 Å². The fourth-order valence-electron chi connectivity index (χ4n) is 3.26. The van der Waals surface area contributed by atoms with Gasteiger partial charge in [-0.1, -0.05) is 71.8 Å². The van der Waals surface area contributed by atoms with Crippen LogP contribution in [0.5, 0.6) is 0 Å². The molecule has 0 spiro atoms. The number of para-hydroxylation sites is 1. The van der Waals surface area contributed by atoms with Crippen molar-refractivity contribution >= 4 is 34.7 Å². The fraction of sp³-hybridized carbons (Fsp3) is 0.0833. The number of anilines is 1. The molecule has 5 heteroatoms. The number of carbonyl (C=O) groups is 2. The van der Waals surface area contributed by atoms with E-state index in [0.717, 1.165) is 16.8 Å². The zero-order valence-corrected chi connectivity index (χ0v) is 16.6. The highest BCUT2D eigenvalue weighted by Crippen LogP contribution is 2.32. The van der Waals surface area contributed by atoms with Crippen LogP contribution in [-0.4, -0.2) is 16.7 Å². The molecule has 1 aliphatic heterocycles. The van der Waals surface area contributed by atoms with Gasteiger partial charge in [-0.05, 0) is 42.3 Å². The first kappa shape index (κ1) is 19.0. The Morgan fingerprint density at radius 3 is 2.14 bits per heavy atom. The van der Waals surface area contributed by atoms with Gasteiger partial charge in [-0.25, -0.2) is 0 Å². The predicted octanol–water partition coefficient (Wildman–Crippen LogP) is 5.04. The van der Waals surface area contributed by atoms with Gasteiger partial charge in [-0.3, -0.25) is 14.5 Å². The normalized spacial score (nSPS) is 13.9. The molecule has 1 N–H and O–H groups in total.